The van der Waals surface area contributed by atoms with Gasteiger partial charge in [-0.3, -0.25) is 9.59 Å². The molecule has 0 aromatic rings. The van der Waals surface area contributed by atoms with Gasteiger partial charge in [-0.15, -0.1) is 0 Å². The van der Waals surface area contributed by atoms with Crippen molar-refractivity contribution in [1.29, 1.82) is 0 Å². The van der Waals surface area contributed by atoms with Crippen LogP contribution in [0, 0.1) is 29.1 Å². The lowest BCUT2D eigenvalue weighted by atomic mass is 9.49. The number of rotatable bonds is 4. The third kappa shape index (κ3) is 3.39. The zero-order valence-corrected chi connectivity index (χ0v) is 16.4. The molecular weight excluding hydrogens is 326 g/mol. The second-order valence-electron chi connectivity index (χ2n) is 9.82. The molecular formula is C21H35N3O2. The van der Waals surface area contributed by atoms with Crippen molar-refractivity contribution < 1.29 is 9.59 Å². The summed E-state index contributed by atoms with van der Waals surface area (Å²) in [5.41, 5.74) is -0.178. The maximum atomic E-state index is 13.4. The fourth-order valence-electron chi connectivity index (χ4n) is 6.46. The number of hydrogen-bond acceptors (Lipinski definition) is 3. The van der Waals surface area contributed by atoms with E-state index in [1.54, 1.807) is 0 Å². The lowest BCUT2D eigenvalue weighted by Crippen LogP contribution is -2.59. The van der Waals surface area contributed by atoms with Crippen molar-refractivity contribution in [3.8, 4) is 0 Å². The van der Waals surface area contributed by atoms with Crippen molar-refractivity contribution in [3.63, 3.8) is 0 Å². The van der Waals surface area contributed by atoms with Crippen LogP contribution in [-0.4, -0.2) is 48.9 Å². The van der Waals surface area contributed by atoms with Crippen LogP contribution >= 0.6 is 0 Å². The van der Waals surface area contributed by atoms with Gasteiger partial charge in [-0.05, 0) is 75.2 Å². The van der Waals surface area contributed by atoms with Gasteiger partial charge < -0.3 is 15.5 Å². The van der Waals surface area contributed by atoms with E-state index in [2.05, 4.69) is 24.5 Å². The van der Waals surface area contributed by atoms with E-state index in [0.717, 1.165) is 69.6 Å². The van der Waals surface area contributed by atoms with Crippen LogP contribution < -0.4 is 10.6 Å². The van der Waals surface area contributed by atoms with Crippen LogP contribution in [0.4, 0.5) is 0 Å². The Hall–Kier alpha value is -1.10. The summed E-state index contributed by atoms with van der Waals surface area (Å²) in [4.78, 5) is 28.5. The first-order valence-corrected chi connectivity index (χ1v) is 10.8. The Kier molecular flexibility index (Phi) is 5.02. The standard InChI is InChI=1S/C21H35N3O2/c1-14(2)18(19(25)24-6-3-4-22-5-7-24)23-20(26)21-11-15-8-16(12-21)10-17(9-15)13-21/h14-18,22H,3-13H2,1-2H3,(H,23,26). The molecule has 5 fully saturated rings. The maximum Gasteiger partial charge on any atom is 0.245 e. The van der Waals surface area contributed by atoms with Crippen LogP contribution in [0.2, 0.25) is 0 Å². The molecule has 5 aliphatic rings. The van der Waals surface area contributed by atoms with Gasteiger partial charge in [-0.1, -0.05) is 13.8 Å². The predicted octanol–water partition coefficient (Wildman–Crippen LogP) is 2.17. The summed E-state index contributed by atoms with van der Waals surface area (Å²) in [5.74, 6) is 2.65. The minimum atomic E-state index is -0.381. The van der Waals surface area contributed by atoms with Crippen molar-refractivity contribution in [1.82, 2.24) is 15.5 Å². The molecule has 26 heavy (non-hydrogen) atoms. The minimum Gasteiger partial charge on any atom is -0.344 e. The van der Waals surface area contributed by atoms with Gasteiger partial charge in [0.05, 0.1) is 0 Å². The van der Waals surface area contributed by atoms with Crippen LogP contribution in [0.15, 0.2) is 0 Å². The van der Waals surface area contributed by atoms with Crippen LogP contribution in [0.3, 0.4) is 0 Å². The van der Waals surface area contributed by atoms with Gasteiger partial charge in [0, 0.05) is 25.0 Å². The fourth-order valence-corrected chi connectivity index (χ4v) is 6.46. The van der Waals surface area contributed by atoms with E-state index >= 15 is 0 Å². The minimum absolute atomic E-state index is 0.113. The lowest BCUT2D eigenvalue weighted by molar-refractivity contribution is -0.150. The van der Waals surface area contributed by atoms with E-state index in [9.17, 15) is 9.59 Å². The zero-order chi connectivity index (χ0) is 18.3. The van der Waals surface area contributed by atoms with Crippen molar-refractivity contribution in [3.05, 3.63) is 0 Å². The molecule has 1 saturated heterocycles. The van der Waals surface area contributed by atoms with Gasteiger partial charge in [0.2, 0.25) is 11.8 Å². The molecule has 1 atom stereocenters. The molecule has 146 valence electrons. The SMILES string of the molecule is CC(C)C(NC(=O)C12CC3CC(CC(C3)C1)C2)C(=O)N1CCCNCC1. The molecule has 0 spiro atoms. The van der Waals surface area contributed by atoms with Crippen molar-refractivity contribution >= 4 is 11.8 Å². The predicted molar refractivity (Wildman–Crippen MR) is 101 cm³/mol. The van der Waals surface area contributed by atoms with E-state index in [1.165, 1.54) is 19.3 Å². The highest BCUT2D eigenvalue weighted by molar-refractivity contribution is 5.90. The van der Waals surface area contributed by atoms with Crippen LogP contribution in [0.1, 0.15) is 58.8 Å². The summed E-state index contributed by atoms with van der Waals surface area (Å²) < 4.78 is 0. The van der Waals surface area contributed by atoms with E-state index in [-0.39, 0.29) is 29.2 Å². The Morgan fingerprint density at radius 2 is 1.62 bits per heavy atom. The monoisotopic (exact) mass is 361 g/mol. The molecule has 0 aromatic heterocycles. The zero-order valence-electron chi connectivity index (χ0n) is 16.4. The van der Waals surface area contributed by atoms with E-state index in [4.69, 9.17) is 0 Å². The van der Waals surface area contributed by atoms with Crippen molar-refractivity contribution in [2.75, 3.05) is 26.2 Å². The second-order valence-corrected chi connectivity index (χ2v) is 9.82. The van der Waals surface area contributed by atoms with E-state index in [1.807, 2.05) is 4.90 Å². The van der Waals surface area contributed by atoms with Crippen LogP contribution in [0.5, 0.6) is 0 Å². The van der Waals surface area contributed by atoms with Crippen LogP contribution in [0.25, 0.3) is 0 Å². The normalized spacial score (nSPS) is 37.5. The summed E-state index contributed by atoms with van der Waals surface area (Å²) in [6.07, 6.45) is 8.14. The second kappa shape index (κ2) is 7.14. The summed E-state index contributed by atoms with van der Waals surface area (Å²) >= 11 is 0. The Balaban J connectivity index is 1.46. The Morgan fingerprint density at radius 3 is 2.19 bits per heavy atom. The third-order valence-electron chi connectivity index (χ3n) is 7.39. The molecule has 5 heteroatoms. The van der Waals surface area contributed by atoms with E-state index < -0.39 is 0 Å². The Labute approximate surface area is 157 Å². The highest BCUT2D eigenvalue weighted by Gasteiger charge is 2.55. The van der Waals surface area contributed by atoms with Crippen LogP contribution in [-0.2, 0) is 9.59 Å². The Morgan fingerprint density at radius 1 is 1.00 bits per heavy atom. The largest absolute Gasteiger partial charge is 0.344 e. The van der Waals surface area contributed by atoms with Gasteiger partial charge >= 0.3 is 0 Å². The average molecular weight is 362 g/mol. The summed E-state index contributed by atoms with van der Waals surface area (Å²) in [5, 5.41) is 6.59. The first kappa shape index (κ1) is 18.3. The molecule has 0 aromatic carbocycles. The Bertz CT molecular complexity index is 516. The first-order chi connectivity index (χ1) is 12.5. The van der Waals surface area contributed by atoms with Gasteiger partial charge in [0.25, 0.3) is 0 Å². The van der Waals surface area contributed by atoms with Gasteiger partial charge in [-0.25, -0.2) is 0 Å². The topological polar surface area (TPSA) is 61.4 Å². The smallest absolute Gasteiger partial charge is 0.245 e. The molecule has 4 bridgehead atoms. The van der Waals surface area contributed by atoms with Gasteiger partial charge in [0.15, 0.2) is 0 Å². The highest BCUT2D eigenvalue weighted by atomic mass is 16.2. The molecule has 1 aliphatic heterocycles. The number of carbonyl (C=O) groups excluding carboxylic acids is 2. The highest BCUT2D eigenvalue weighted by Crippen LogP contribution is 2.60. The van der Waals surface area contributed by atoms with Gasteiger partial charge in [-0.2, -0.15) is 0 Å². The van der Waals surface area contributed by atoms with Gasteiger partial charge in [0.1, 0.15) is 6.04 Å². The lowest BCUT2D eigenvalue weighted by Gasteiger charge is -2.56. The maximum absolute atomic E-state index is 13.4. The molecule has 4 aliphatic carbocycles. The van der Waals surface area contributed by atoms with Crippen molar-refractivity contribution in [2.24, 2.45) is 29.1 Å². The number of nitrogens with one attached hydrogen (secondary N) is 2. The molecule has 1 unspecified atom stereocenters. The first-order valence-electron chi connectivity index (χ1n) is 10.8. The van der Waals surface area contributed by atoms with E-state index in [0.29, 0.717) is 0 Å². The number of hydrogen-bond donors (Lipinski definition) is 2. The third-order valence-corrected chi connectivity index (χ3v) is 7.39. The fraction of sp³-hybridized carbons (Fsp3) is 0.905. The molecule has 5 nitrogen and oxygen atoms in total. The molecule has 0 radical (unpaired) electrons. The molecule has 5 rings (SSSR count). The number of carbonyl (C=O) groups is 2. The summed E-state index contributed by atoms with van der Waals surface area (Å²) in [6, 6.07) is -0.381. The van der Waals surface area contributed by atoms with Crippen molar-refractivity contribution in [2.45, 2.75) is 64.8 Å². The molecule has 4 saturated carbocycles. The quantitative estimate of drug-likeness (QED) is 0.807. The molecule has 2 N–H and O–H groups in total. The number of amides is 2. The summed E-state index contributed by atoms with van der Waals surface area (Å²) in [7, 11) is 0. The molecule has 2 amide bonds. The number of nitrogens with zero attached hydrogens (tertiary/aromatic N) is 1. The average Bonchev–Trinajstić information content (AvgIpc) is 2.86. The molecule has 1 heterocycles. The summed E-state index contributed by atoms with van der Waals surface area (Å²) in [6.45, 7) is 7.46.